The molecular formula is C7H12O2S. The van der Waals surface area contributed by atoms with Gasteiger partial charge in [0.25, 0.3) is 0 Å². The molecule has 0 aliphatic rings. The van der Waals surface area contributed by atoms with Crippen LogP contribution in [0, 0.1) is 0 Å². The van der Waals surface area contributed by atoms with Crippen LogP contribution >= 0.6 is 12.6 Å². The number of rotatable bonds is 4. The Balaban J connectivity index is 3.58. The molecule has 0 spiro atoms. The number of thiol groups is 1. The van der Waals surface area contributed by atoms with Crippen LogP contribution in [0.1, 0.15) is 19.8 Å². The molecule has 58 valence electrons. The predicted molar refractivity (Wildman–Crippen MR) is 44.5 cm³/mol. The molecule has 0 saturated carbocycles. The van der Waals surface area contributed by atoms with Crippen molar-refractivity contribution in [2.75, 3.05) is 5.75 Å². The molecule has 0 aromatic carbocycles. The van der Waals surface area contributed by atoms with E-state index in [0.717, 1.165) is 18.6 Å². The van der Waals surface area contributed by atoms with E-state index in [4.69, 9.17) is 5.11 Å². The van der Waals surface area contributed by atoms with Crippen LogP contribution in [0.2, 0.25) is 0 Å². The van der Waals surface area contributed by atoms with E-state index >= 15 is 0 Å². The van der Waals surface area contributed by atoms with Crippen molar-refractivity contribution in [3.63, 3.8) is 0 Å². The van der Waals surface area contributed by atoms with E-state index < -0.39 is 5.97 Å². The molecule has 0 rings (SSSR count). The largest absolute Gasteiger partial charge is 0.478 e. The maximum Gasteiger partial charge on any atom is 0.330 e. The summed E-state index contributed by atoms with van der Waals surface area (Å²) in [7, 11) is 0. The molecule has 0 aromatic rings. The summed E-state index contributed by atoms with van der Waals surface area (Å²) in [6.45, 7) is 1.60. The molecule has 0 bridgehead atoms. The van der Waals surface area contributed by atoms with Gasteiger partial charge in [0.15, 0.2) is 0 Å². The number of aliphatic carboxylic acids is 1. The molecule has 10 heavy (non-hydrogen) atoms. The fourth-order valence-corrected chi connectivity index (χ4v) is 0.680. The summed E-state index contributed by atoms with van der Waals surface area (Å²) in [6.07, 6.45) is 3.47. The van der Waals surface area contributed by atoms with Gasteiger partial charge in [-0.25, -0.2) is 4.79 Å². The molecule has 0 unspecified atom stereocenters. The summed E-state index contributed by atoms with van der Waals surface area (Å²) in [4.78, 5) is 10.2. The fourth-order valence-electron chi connectivity index (χ4n) is 0.497. The molecule has 2 nitrogen and oxygen atoms in total. The van der Waals surface area contributed by atoms with Crippen molar-refractivity contribution in [1.29, 1.82) is 0 Å². The number of hydrogen-bond donors (Lipinski definition) is 2. The molecule has 0 radical (unpaired) electrons. The van der Waals surface area contributed by atoms with Gasteiger partial charge < -0.3 is 5.11 Å². The lowest BCUT2D eigenvalue weighted by atomic mass is 10.2. The van der Waals surface area contributed by atoms with Crippen molar-refractivity contribution >= 4 is 18.6 Å². The van der Waals surface area contributed by atoms with Crippen molar-refractivity contribution < 1.29 is 9.90 Å². The van der Waals surface area contributed by atoms with Gasteiger partial charge in [-0.3, -0.25) is 0 Å². The SMILES string of the molecule is CC(=CCCCS)C(=O)O. The van der Waals surface area contributed by atoms with Crippen LogP contribution in [0.4, 0.5) is 0 Å². The zero-order valence-corrected chi connectivity index (χ0v) is 6.90. The standard InChI is InChI=1S/C7H12O2S/c1-6(7(8)9)4-2-3-5-10/h4,10H,2-3,5H2,1H3,(H,8,9). The van der Waals surface area contributed by atoms with E-state index in [-0.39, 0.29) is 0 Å². The van der Waals surface area contributed by atoms with Crippen LogP contribution in [-0.2, 0) is 4.79 Å². The molecule has 0 amide bonds. The van der Waals surface area contributed by atoms with Crippen LogP contribution in [0.5, 0.6) is 0 Å². The summed E-state index contributed by atoms with van der Waals surface area (Å²) < 4.78 is 0. The minimum atomic E-state index is -0.834. The van der Waals surface area contributed by atoms with Crippen LogP contribution in [0.15, 0.2) is 11.6 Å². The van der Waals surface area contributed by atoms with Crippen LogP contribution < -0.4 is 0 Å². The van der Waals surface area contributed by atoms with Crippen LogP contribution in [-0.4, -0.2) is 16.8 Å². The van der Waals surface area contributed by atoms with E-state index in [1.165, 1.54) is 0 Å². The Morgan fingerprint density at radius 3 is 2.70 bits per heavy atom. The third-order valence-electron chi connectivity index (χ3n) is 1.15. The highest BCUT2D eigenvalue weighted by atomic mass is 32.1. The van der Waals surface area contributed by atoms with Crippen molar-refractivity contribution in [2.45, 2.75) is 19.8 Å². The van der Waals surface area contributed by atoms with Gasteiger partial charge >= 0.3 is 5.97 Å². The van der Waals surface area contributed by atoms with Crippen molar-refractivity contribution in [2.24, 2.45) is 0 Å². The van der Waals surface area contributed by atoms with E-state index in [0.29, 0.717) is 5.57 Å². The zero-order valence-electron chi connectivity index (χ0n) is 6.00. The Morgan fingerprint density at radius 1 is 1.70 bits per heavy atom. The Bertz CT molecular complexity index is 141. The first kappa shape index (κ1) is 9.56. The molecule has 0 fully saturated rings. The van der Waals surface area contributed by atoms with Gasteiger partial charge in [-0.2, -0.15) is 12.6 Å². The van der Waals surface area contributed by atoms with E-state index in [2.05, 4.69) is 12.6 Å². The first-order valence-electron chi connectivity index (χ1n) is 3.19. The first-order valence-corrected chi connectivity index (χ1v) is 3.82. The lowest BCUT2D eigenvalue weighted by molar-refractivity contribution is -0.132. The molecule has 0 saturated heterocycles. The van der Waals surface area contributed by atoms with Gasteiger partial charge in [-0.05, 0) is 25.5 Å². The maximum atomic E-state index is 10.2. The monoisotopic (exact) mass is 160 g/mol. The average molecular weight is 160 g/mol. The van der Waals surface area contributed by atoms with Crippen molar-refractivity contribution in [1.82, 2.24) is 0 Å². The van der Waals surface area contributed by atoms with Crippen molar-refractivity contribution in [3.05, 3.63) is 11.6 Å². The zero-order chi connectivity index (χ0) is 7.98. The molecule has 0 aromatic heterocycles. The lowest BCUT2D eigenvalue weighted by Crippen LogP contribution is -1.95. The molecular weight excluding hydrogens is 148 g/mol. The topological polar surface area (TPSA) is 37.3 Å². The van der Waals surface area contributed by atoms with Gasteiger partial charge in [0.05, 0.1) is 0 Å². The highest BCUT2D eigenvalue weighted by molar-refractivity contribution is 7.80. The second-order valence-electron chi connectivity index (χ2n) is 2.06. The fraction of sp³-hybridized carbons (Fsp3) is 0.571. The van der Waals surface area contributed by atoms with Gasteiger partial charge in [-0.15, -0.1) is 0 Å². The quantitative estimate of drug-likeness (QED) is 0.373. The Hall–Kier alpha value is -0.440. The molecule has 0 heterocycles. The predicted octanol–water partition coefficient (Wildman–Crippen LogP) is 1.73. The molecule has 0 aliphatic carbocycles. The summed E-state index contributed by atoms with van der Waals surface area (Å²) in [5.41, 5.74) is 0.418. The molecule has 3 heteroatoms. The summed E-state index contributed by atoms with van der Waals surface area (Å²) >= 11 is 4.00. The lowest BCUT2D eigenvalue weighted by Gasteiger charge is -1.91. The van der Waals surface area contributed by atoms with Crippen LogP contribution in [0.3, 0.4) is 0 Å². The van der Waals surface area contributed by atoms with Gasteiger partial charge in [-0.1, -0.05) is 6.08 Å². The van der Waals surface area contributed by atoms with E-state index in [9.17, 15) is 4.79 Å². The summed E-state index contributed by atoms with van der Waals surface area (Å²) in [6, 6.07) is 0. The highest BCUT2D eigenvalue weighted by Gasteiger charge is 1.96. The molecule has 1 N–H and O–H groups in total. The first-order chi connectivity index (χ1) is 4.68. The number of hydrogen-bond acceptors (Lipinski definition) is 2. The number of allylic oxidation sites excluding steroid dienone is 1. The van der Waals surface area contributed by atoms with E-state index in [1.807, 2.05) is 0 Å². The van der Waals surface area contributed by atoms with Crippen LogP contribution in [0.25, 0.3) is 0 Å². The normalized spacial score (nSPS) is 11.6. The van der Waals surface area contributed by atoms with Gasteiger partial charge in [0, 0.05) is 5.57 Å². The minimum absolute atomic E-state index is 0.418. The molecule has 0 aliphatic heterocycles. The Morgan fingerprint density at radius 2 is 2.30 bits per heavy atom. The van der Waals surface area contributed by atoms with Crippen molar-refractivity contribution in [3.8, 4) is 0 Å². The highest BCUT2D eigenvalue weighted by Crippen LogP contribution is 1.98. The number of carboxylic acid groups (broad SMARTS) is 1. The Kier molecular flexibility index (Phi) is 5.12. The number of carbonyl (C=O) groups is 1. The second kappa shape index (κ2) is 5.35. The maximum absolute atomic E-state index is 10.2. The summed E-state index contributed by atoms with van der Waals surface area (Å²) in [5, 5.41) is 8.39. The van der Waals surface area contributed by atoms with Gasteiger partial charge in [0.2, 0.25) is 0 Å². The van der Waals surface area contributed by atoms with E-state index in [1.54, 1.807) is 13.0 Å². The smallest absolute Gasteiger partial charge is 0.330 e. The molecule has 0 atom stereocenters. The summed E-state index contributed by atoms with van der Waals surface area (Å²) in [5.74, 6) is -0.0252. The van der Waals surface area contributed by atoms with Gasteiger partial charge in [0.1, 0.15) is 0 Å². The second-order valence-corrected chi connectivity index (χ2v) is 2.51. The minimum Gasteiger partial charge on any atom is -0.478 e. The third-order valence-corrected chi connectivity index (χ3v) is 1.47. The number of carboxylic acids is 1. The third kappa shape index (κ3) is 4.44. The number of unbranched alkanes of at least 4 members (excludes halogenated alkanes) is 1. The Labute approximate surface area is 66.4 Å². The average Bonchev–Trinajstić information content (AvgIpc) is 1.88.